The minimum atomic E-state index is -0.0542. The van der Waals surface area contributed by atoms with E-state index < -0.39 is 0 Å². The molecule has 0 N–H and O–H groups in total. The Hall–Kier alpha value is -1.19. The Bertz CT molecular complexity index is 350. The van der Waals surface area contributed by atoms with Crippen LogP contribution in [0.25, 0.3) is 0 Å². The molecule has 2 rings (SSSR count). The topological polar surface area (TPSA) is 29.5 Å². The van der Waals surface area contributed by atoms with E-state index in [1.807, 2.05) is 18.2 Å². The van der Waals surface area contributed by atoms with Crippen LogP contribution < -0.4 is 0 Å². The number of methoxy groups -OCH3 is 1. The van der Waals surface area contributed by atoms with E-state index in [0.717, 1.165) is 13.1 Å². The van der Waals surface area contributed by atoms with E-state index in [9.17, 15) is 4.79 Å². The maximum Gasteiger partial charge on any atom is 0.138 e. The molecule has 16 heavy (non-hydrogen) atoms. The fourth-order valence-corrected chi connectivity index (χ4v) is 2.07. The van der Waals surface area contributed by atoms with E-state index >= 15 is 0 Å². The second-order valence-electron chi connectivity index (χ2n) is 4.14. The van der Waals surface area contributed by atoms with Crippen LogP contribution in [0.3, 0.4) is 0 Å². The first-order valence-electron chi connectivity index (χ1n) is 5.62. The molecule has 0 aromatic heterocycles. The van der Waals surface area contributed by atoms with Crippen LogP contribution in [0.1, 0.15) is 18.4 Å². The minimum Gasteiger partial charge on any atom is -0.366 e. The summed E-state index contributed by atoms with van der Waals surface area (Å²) in [6.45, 7) is 1.65. The van der Waals surface area contributed by atoms with Gasteiger partial charge in [0.1, 0.15) is 12.0 Å². The lowest BCUT2D eigenvalue weighted by atomic mass is 10.1. The first-order chi connectivity index (χ1) is 7.79. The van der Waals surface area contributed by atoms with Crippen LogP contribution in [0.5, 0.6) is 0 Å². The molecule has 1 heterocycles. The average Bonchev–Trinajstić information content (AvgIpc) is 2.33. The molecule has 1 aliphatic heterocycles. The van der Waals surface area contributed by atoms with E-state index in [1.165, 1.54) is 5.56 Å². The molecule has 0 aliphatic carbocycles. The summed E-state index contributed by atoms with van der Waals surface area (Å²) >= 11 is 0. The van der Waals surface area contributed by atoms with Crippen molar-refractivity contribution < 1.29 is 9.53 Å². The highest BCUT2D eigenvalue weighted by Gasteiger charge is 2.26. The van der Waals surface area contributed by atoms with Crippen LogP contribution in [0.4, 0.5) is 0 Å². The van der Waals surface area contributed by atoms with Crippen LogP contribution >= 0.6 is 0 Å². The van der Waals surface area contributed by atoms with E-state index in [-0.39, 0.29) is 6.23 Å². The molecule has 1 aromatic rings. The molecule has 0 radical (unpaired) electrons. The van der Waals surface area contributed by atoms with Crippen LogP contribution in [-0.2, 0) is 16.1 Å². The molecular weight excluding hydrogens is 202 g/mol. The predicted molar refractivity (Wildman–Crippen MR) is 61.9 cm³/mol. The van der Waals surface area contributed by atoms with Crippen LogP contribution in [0, 0.1) is 0 Å². The second-order valence-corrected chi connectivity index (χ2v) is 4.14. The van der Waals surface area contributed by atoms with Gasteiger partial charge in [0.15, 0.2) is 0 Å². The van der Waals surface area contributed by atoms with Crippen LogP contribution in [0.2, 0.25) is 0 Å². The van der Waals surface area contributed by atoms with Gasteiger partial charge in [-0.1, -0.05) is 30.3 Å². The predicted octanol–water partition coefficient (Wildman–Crippen LogP) is 1.82. The molecule has 86 valence electrons. The number of rotatable bonds is 3. The van der Waals surface area contributed by atoms with Crippen LogP contribution in [0.15, 0.2) is 30.3 Å². The molecule has 1 aromatic carbocycles. The Labute approximate surface area is 96.0 Å². The summed E-state index contributed by atoms with van der Waals surface area (Å²) in [4.78, 5) is 13.5. The van der Waals surface area contributed by atoms with Gasteiger partial charge in [-0.3, -0.25) is 9.69 Å². The standard InChI is InChI=1S/C13H17NO2/c1-16-13-9-12(15)7-8-14(13)10-11-5-3-2-4-6-11/h2-6,13H,7-10H2,1H3. The molecule has 0 spiro atoms. The first kappa shape index (κ1) is 11.3. The number of carbonyl (C=O) groups excluding carboxylic acids is 1. The summed E-state index contributed by atoms with van der Waals surface area (Å²) in [6, 6.07) is 10.3. The Morgan fingerprint density at radius 3 is 2.81 bits per heavy atom. The van der Waals surface area contributed by atoms with Crippen molar-refractivity contribution in [1.29, 1.82) is 0 Å². The maximum atomic E-state index is 11.3. The molecule has 0 bridgehead atoms. The average molecular weight is 219 g/mol. The van der Waals surface area contributed by atoms with Gasteiger partial charge < -0.3 is 4.74 Å². The fraction of sp³-hybridized carbons (Fsp3) is 0.462. The highest BCUT2D eigenvalue weighted by Crippen LogP contribution is 2.17. The molecule has 1 saturated heterocycles. The van der Waals surface area contributed by atoms with Gasteiger partial charge in [0.05, 0.1) is 0 Å². The van der Waals surface area contributed by atoms with Crippen molar-refractivity contribution in [2.24, 2.45) is 0 Å². The molecule has 1 aliphatic rings. The van der Waals surface area contributed by atoms with Crippen molar-refractivity contribution in [3.8, 4) is 0 Å². The largest absolute Gasteiger partial charge is 0.366 e. The van der Waals surface area contributed by atoms with Gasteiger partial charge in [-0.2, -0.15) is 0 Å². The summed E-state index contributed by atoms with van der Waals surface area (Å²) in [5, 5.41) is 0. The molecule has 3 nitrogen and oxygen atoms in total. The molecule has 0 saturated carbocycles. The fourth-order valence-electron chi connectivity index (χ4n) is 2.07. The van der Waals surface area contributed by atoms with Crippen molar-refractivity contribution in [3.05, 3.63) is 35.9 Å². The minimum absolute atomic E-state index is 0.0542. The van der Waals surface area contributed by atoms with Crippen molar-refractivity contribution >= 4 is 5.78 Å². The summed E-state index contributed by atoms with van der Waals surface area (Å²) in [7, 11) is 1.67. The summed E-state index contributed by atoms with van der Waals surface area (Å²) < 4.78 is 5.35. The third kappa shape index (κ3) is 2.68. The van der Waals surface area contributed by atoms with Gasteiger partial charge in [0, 0.05) is 33.0 Å². The van der Waals surface area contributed by atoms with Gasteiger partial charge in [-0.05, 0) is 5.56 Å². The zero-order valence-corrected chi connectivity index (χ0v) is 9.56. The Kier molecular flexibility index (Phi) is 3.70. The molecular formula is C13H17NO2. The number of nitrogens with zero attached hydrogens (tertiary/aromatic N) is 1. The SMILES string of the molecule is COC1CC(=O)CCN1Cc1ccccc1. The van der Waals surface area contributed by atoms with Gasteiger partial charge in [0.25, 0.3) is 0 Å². The van der Waals surface area contributed by atoms with Crippen molar-refractivity contribution in [3.63, 3.8) is 0 Å². The smallest absolute Gasteiger partial charge is 0.138 e. The highest BCUT2D eigenvalue weighted by atomic mass is 16.5. The normalized spacial score (nSPS) is 22.3. The first-order valence-corrected chi connectivity index (χ1v) is 5.62. The zero-order chi connectivity index (χ0) is 11.4. The second kappa shape index (κ2) is 5.23. The monoisotopic (exact) mass is 219 g/mol. The van der Waals surface area contributed by atoms with Crippen LogP contribution in [-0.4, -0.2) is 30.6 Å². The van der Waals surface area contributed by atoms with Crippen molar-refractivity contribution in [1.82, 2.24) is 4.90 Å². The Balaban J connectivity index is 2.01. The van der Waals surface area contributed by atoms with Gasteiger partial charge >= 0.3 is 0 Å². The lowest BCUT2D eigenvalue weighted by molar-refractivity contribution is -0.133. The molecule has 3 heteroatoms. The number of ketones is 1. The summed E-state index contributed by atoms with van der Waals surface area (Å²) in [6.07, 6.45) is 1.11. The highest BCUT2D eigenvalue weighted by molar-refractivity contribution is 5.79. The Morgan fingerprint density at radius 2 is 2.12 bits per heavy atom. The number of Topliss-reactive ketones (excluding diaryl/α,β-unsaturated/α-hetero) is 1. The molecule has 1 fully saturated rings. The maximum absolute atomic E-state index is 11.3. The number of likely N-dealkylation sites (tertiary alicyclic amines) is 1. The molecule has 0 amide bonds. The number of ether oxygens (including phenoxy) is 1. The van der Waals surface area contributed by atoms with E-state index in [0.29, 0.717) is 18.6 Å². The van der Waals surface area contributed by atoms with E-state index in [4.69, 9.17) is 4.74 Å². The number of benzene rings is 1. The number of piperidine rings is 1. The lowest BCUT2D eigenvalue weighted by Crippen LogP contribution is -2.43. The zero-order valence-electron chi connectivity index (χ0n) is 9.56. The quantitative estimate of drug-likeness (QED) is 0.776. The van der Waals surface area contributed by atoms with Crippen molar-refractivity contribution in [2.45, 2.75) is 25.6 Å². The number of hydrogen-bond acceptors (Lipinski definition) is 3. The van der Waals surface area contributed by atoms with Gasteiger partial charge in [0.2, 0.25) is 0 Å². The summed E-state index contributed by atoms with van der Waals surface area (Å²) in [5.74, 6) is 0.302. The molecule has 1 unspecified atom stereocenters. The molecule has 1 atom stereocenters. The number of hydrogen-bond donors (Lipinski definition) is 0. The lowest BCUT2D eigenvalue weighted by Gasteiger charge is -2.33. The third-order valence-corrected chi connectivity index (χ3v) is 2.99. The van der Waals surface area contributed by atoms with E-state index in [1.54, 1.807) is 7.11 Å². The Morgan fingerprint density at radius 1 is 1.38 bits per heavy atom. The van der Waals surface area contributed by atoms with E-state index in [2.05, 4.69) is 17.0 Å². The van der Waals surface area contributed by atoms with Gasteiger partial charge in [-0.25, -0.2) is 0 Å². The van der Waals surface area contributed by atoms with Crippen molar-refractivity contribution in [2.75, 3.05) is 13.7 Å². The number of carbonyl (C=O) groups is 1. The van der Waals surface area contributed by atoms with Gasteiger partial charge in [-0.15, -0.1) is 0 Å². The summed E-state index contributed by atoms with van der Waals surface area (Å²) in [5.41, 5.74) is 1.26. The third-order valence-electron chi connectivity index (χ3n) is 2.99.